The molecular weight excluding hydrogens is 805 g/mol. The fourth-order valence-electron chi connectivity index (χ4n) is 8.03. The predicted octanol–water partition coefficient (Wildman–Crippen LogP) is 18.7. The highest BCUT2D eigenvalue weighted by Gasteiger charge is 2.19. The first-order valence-corrected chi connectivity index (χ1v) is 28.1. The Morgan fingerprint density at radius 2 is 0.554 bits per heavy atom. The van der Waals surface area contributed by atoms with Crippen molar-refractivity contribution in [2.45, 2.75) is 297 Å². The minimum Gasteiger partial charge on any atom is -0.462 e. The van der Waals surface area contributed by atoms with Crippen molar-refractivity contribution in [3.05, 3.63) is 48.6 Å². The Morgan fingerprint density at radius 3 is 0.877 bits per heavy atom. The topological polar surface area (TPSA) is 78.9 Å². The van der Waals surface area contributed by atoms with Gasteiger partial charge in [0, 0.05) is 19.3 Å². The van der Waals surface area contributed by atoms with E-state index in [0.717, 1.165) is 77.0 Å². The smallest absolute Gasteiger partial charge is 0.306 e. The number of carbonyl (C=O) groups excluding carboxylic acids is 3. The number of hydrogen-bond donors (Lipinski definition) is 0. The first-order valence-electron chi connectivity index (χ1n) is 28.1. The molecule has 0 fully saturated rings. The van der Waals surface area contributed by atoms with E-state index in [1.165, 1.54) is 173 Å². The van der Waals surface area contributed by atoms with Gasteiger partial charge in [0.05, 0.1) is 0 Å². The second kappa shape index (κ2) is 54.0. The van der Waals surface area contributed by atoms with Crippen LogP contribution in [0.3, 0.4) is 0 Å². The van der Waals surface area contributed by atoms with Crippen molar-refractivity contribution in [2.24, 2.45) is 0 Å². The number of rotatable bonds is 51. The first-order chi connectivity index (χ1) is 32.0. The second-order valence-corrected chi connectivity index (χ2v) is 18.8. The lowest BCUT2D eigenvalue weighted by Gasteiger charge is -2.18. The summed E-state index contributed by atoms with van der Waals surface area (Å²) in [5, 5.41) is 0. The molecule has 0 aromatic heterocycles. The monoisotopic (exact) mass is 911 g/mol. The molecule has 0 aliphatic carbocycles. The maximum absolute atomic E-state index is 12.8. The van der Waals surface area contributed by atoms with Gasteiger partial charge in [-0.25, -0.2) is 0 Å². The highest BCUT2D eigenvalue weighted by atomic mass is 16.6. The van der Waals surface area contributed by atoms with E-state index in [4.69, 9.17) is 14.2 Å². The summed E-state index contributed by atoms with van der Waals surface area (Å²) in [5.74, 6) is -0.876. The van der Waals surface area contributed by atoms with Crippen LogP contribution in [0.4, 0.5) is 0 Å². The molecule has 0 N–H and O–H groups in total. The fourth-order valence-corrected chi connectivity index (χ4v) is 8.03. The van der Waals surface area contributed by atoms with E-state index in [0.29, 0.717) is 19.3 Å². The number of esters is 3. The van der Waals surface area contributed by atoms with Gasteiger partial charge in [0.15, 0.2) is 6.10 Å². The second-order valence-electron chi connectivity index (χ2n) is 18.8. The molecule has 0 aromatic rings. The van der Waals surface area contributed by atoms with Gasteiger partial charge in [-0.3, -0.25) is 14.4 Å². The van der Waals surface area contributed by atoms with Crippen LogP contribution in [0.25, 0.3) is 0 Å². The molecule has 0 bridgehead atoms. The van der Waals surface area contributed by atoms with Crippen LogP contribution < -0.4 is 0 Å². The molecule has 65 heavy (non-hydrogen) atoms. The van der Waals surface area contributed by atoms with Crippen LogP contribution in [-0.2, 0) is 28.6 Å². The summed E-state index contributed by atoms with van der Waals surface area (Å²) in [4.78, 5) is 38.1. The van der Waals surface area contributed by atoms with Crippen molar-refractivity contribution in [3.63, 3.8) is 0 Å². The molecule has 0 aliphatic heterocycles. The Labute approximate surface area is 403 Å². The Hall–Kier alpha value is -2.63. The standard InChI is InChI=1S/C59H106O6/c1-4-7-10-13-16-19-22-24-26-28-29-31-32-34-37-40-43-46-49-52-58(61)64-55-56(54-63-57(60)51-48-45-42-39-36-21-18-15-12-9-6-3)65-59(62)53-50-47-44-41-38-35-33-30-27-25-23-20-17-14-11-8-5-2/h16-17,19-20,24-27,56H,4-15,18,21-23,28-55H2,1-3H3/b19-16-,20-17-,26-24-,27-25-. The van der Waals surface area contributed by atoms with Crippen LogP contribution in [-0.4, -0.2) is 37.2 Å². The summed E-state index contributed by atoms with van der Waals surface area (Å²) in [6, 6.07) is 0. The zero-order chi connectivity index (χ0) is 47.2. The number of carbonyl (C=O) groups is 3. The van der Waals surface area contributed by atoms with Gasteiger partial charge < -0.3 is 14.2 Å². The van der Waals surface area contributed by atoms with Crippen LogP contribution in [0.15, 0.2) is 48.6 Å². The van der Waals surface area contributed by atoms with Gasteiger partial charge in [-0.2, -0.15) is 0 Å². The summed E-state index contributed by atoms with van der Waals surface area (Å²) < 4.78 is 16.8. The Bertz CT molecular complexity index is 1140. The number of ether oxygens (including phenoxy) is 3. The van der Waals surface area contributed by atoms with E-state index in [1.807, 2.05) is 0 Å². The van der Waals surface area contributed by atoms with E-state index in [9.17, 15) is 14.4 Å². The molecule has 0 saturated carbocycles. The number of allylic oxidation sites excluding steroid dienone is 8. The fraction of sp³-hybridized carbons (Fsp3) is 0.814. The molecule has 0 saturated heterocycles. The van der Waals surface area contributed by atoms with Crippen molar-refractivity contribution in [1.82, 2.24) is 0 Å². The Balaban J connectivity index is 4.33. The third-order valence-electron chi connectivity index (χ3n) is 12.3. The van der Waals surface area contributed by atoms with E-state index < -0.39 is 6.10 Å². The summed E-state index contributed by atoms with van der Waals surface area (Å²) in [6.07, 6.45) is 65.2. The van der Waals surface area contributed by atoms with Crippen molar-refractivity contribution >= 4 is 17.9 Å². The van der Waals surface area contributed by atoms with Crippen LogP contribution >= 0.6 is 0 Å². The molecule has 378 valence electrons. The molecular formula is C59H106O6. The lowest BCUT2D eigenvalue weighted by molar-refractivity contribution is -0.167. The maximum atomic E-state index is 12.8. The molecule has 1 atom stereocenters. The Morgan fingerprint density at radius 1 is 0.308 bits per heavy atom. The highest BCUT2D eigenvalue weighted by molar-refractivity contribution is 5.71. The van der Waals surface area contributed by atoms with Crippen molar-refractivity contribution in [3.8, 4) is 0 Å². The van der Waals surface area contributed by atoms with Gasteiger partial charge in [-0.05, 0) is 83.5 Å². The van der Waals surface area contributed by atoms with E-state index in [-0.39, 0.29) is 31.1 Å². The minimum absolute atomic E-state index is 0.0750. The Kier molecular flexibility index (Phi) is 51.8. The first kappa shape index (κ1) is 62.4. The maximum Gasteiger partial charge on any atom is 0.306 e. The van der Waals surface area contributed by atoms with Crippen LogP contribution in [0.1, 0.15) is 290 Å². The molecule has 0 heterocycles. The van der Waals surface area contributed by atoms with Crippen molar-refractivity contribution in [2.75, 3.05) is 13.2 Å². The molecule has 0 aromatic carbocycles. The molecule has 0 amide bonds. The minimum atomic E-state index is -0.776. The predicted molar refractivity (Wildman–Crippen MR) is 279 cm³/mol. The van der Waals surface area contributed by atoms with Crippen molar-refractivity contribution in [1.29, 1.82) is 0 Å². The third-order valence-corrected chi connectivity index (χ3v) is 12.3. The summed E-state index contributed by atoms with van der Waals surface area (Å²) in [6.45, 7) is 6.60. The number of hydrogen-bond acceptors (Lipinski definition) is 6. The largest absolute Gasteiger partial charge is 0.462 e. The van der Waals surface area contributed by atoms with Gasteiger partial charge in [0.1, 0.15) is 13.2 Å². The summed E-state index contributed by atoms with van der Waals surface area (Å²) in [7, 11) is 0. The number of unbranched alkanes of at least 4 members (excludes halogenated alkanes) is 32. The molecule has 0 rings (SSSR count). The quantitative estimate of drug-likeness (QED) is 0.0262. The molecule has 6 heteroatoms. The van der Waals surface area contributed by atoms with E-state index in [2.05, 4.69) is 69.4 Å². The third kappa shape index (κ3) is 52.2. The van der Waals surface area contributed by atoms with Crippen LogP contribution in [0.2, 0.25) is 0 Å². The lowest BCUT2D eigenvalue weighted by Crippen LogP contribution is -2.30. The average Bonchev–Trinajstić information content (AvgIpc) is 3.30. The summed E-state index contributed by atoms with van der Waals surface area (Å²) >= 11 is 0. The normalized spacial score (nSPS) is 12.4. The van der Waals surface area contributed by atoms with Crippen LogP contribution in [0.5, 0.6) is 0 Å². The average molecular weight is 911 g/mol. The van der Waals surface area contributed by atoms with E-state index >= 15 is 0 Å². The lowest BCUT2D eigenvalue weighted by atomic mass is 10.1. The van der Waals surface area contributed by atoms with Gasteiger partial charge in [-0.1, -0.05) is 236 Å². The molecule has 0 spiro atoms. The molecule has 0 aliphatic rings. The zero-order valence-electron chi connectivity index (χ0n) is 43.3. The van der Waals surface area contributed by atoms with Gasteiger partial charge in [0.2, 0.25) is 0 Å². The van der Waals surface area contributed by atoms with Gasteiger partial charge in [0.25, 0.3) is 0 Å². The van der Waals surface area contributed by atoms with Crippen LogP contribution in [0, 0.1) is 0 Å². The molecule has 6 nitrogen and oxygen atoms in total. The molecule has 1 unspecified atom stereocenters. The van der Waals surface area contributed by atoms with E-state index in [1.54, 1.807) is 0 Å². The molecule has 0 radical (unpaired) electrons. The van der Waals surface area contributed by atoms with Gasteiger partial charge in [-0.15, -0.1) is 0 Å². The SMILES string of the molecule is CCCCC/C=C\C/C=C\CCCCCCCCCCCC(=O)OCC(COC(=O)CCCCCCCCCCCCC)OC(=O)CCCCCCCCC/C=C\C/C=C\CCCCC. The van der Waals surface area contributed by atoms with Gasteiger partial charge >= 0.3 is 17.9 Å². The summed E-state index contributed by atoms with van der Waals surface area (Å²) in [5.41, 5.74) is 0. The zero-order valence-corrected chi connectivity index (χ0v) is 43.3. The highest BCUT2D eigenvalue weighted by Crippen LogP contribution is 2.16. The van der Waals surface area contributed by atoms with Crippen molar-refractivity contribution < 1.29 is 28.6 Å².